The maximum atomic E-state index is 13.7. The highest BCUT2D eigenvalue weighted by atomic mass is 19.3. The van der Waals surface area contributed by atoms with Crippen LogP contribution >= 0.6 is 0 Å². The van der Waals surface area contributed by atoms with Crippen LogP contribution in [0.4, 0.5) is 14.5 Å². The van der Waals surface area contributed by atoms with Gasteiger partial charge in [0.1, 0.15) is 17.0 Å². The van der Waals surface area contributed by atoms with E-state index < -0.39 is 12.3 Å². The number of benzene rings is 2. The molecule has 0 bridgehead atoms. The van der Waals surface area contributed by atoms with Crippen LogP contribution in [0, 0.1) is 6.92 Å². The Morgan fingerprint density at radius 2 is 1.90 bits per heavy atom. The zero-order valence-corrected chi connectivity index (χ0v) is 16.3. The van der Waals surface area contributed by atoms with Crippen LogP contribution in [0.15, 0.2) is 60.8 Å². The normalized spacial score (nSPS) is 11.1. The number of ether oxygens (including phenoxy) is 1. The number of nitrogens with one attached hydrogen (secondary N) is 1. The van der Waals surface area contributed by atoms with Crippen LogP contribution in [-0.2, 0) is 0 Å². The summed E-state index contributed by atoms with van der Waals surface area (Å²) in [5.74, 6) is -0.0385. The van der Waals surface area contributed by atoms with Crippen molar-refractivity contribution in [2.24, 2.45) is 0 Å². The fourth-order valence-corrected chi connectivity index (χ4v) is 3.17. The first-order valence-corrected chi connectivity index (χ1v) is 9.16. The Kier molecular flexibility index (Phi) is 5.14. The molecule has 0 spiro atoms. The van der Waals surface area contributed by atoms with Crippen molar-refractivity contribution in [1.82, 2.24) is 14.6 Å². The minimum atomic E-state index is -2.79. The van der Waals surface area contributed by atoms with Gasteiger partial charge in [-0.2, -0.15) is 5.10 Å². The van der Waals surface area contributed by atoms with Crippen LogP contribution < -0.4 is 10.1 Å². The molecule has 8 heteroatoms. The summed E-state index contributed by atoms with van der Waals surface area (Å²) in [5.41, 5.74) is 2.18. The van der Waals surface area contributed by atoms with Gasteiger partial charge in [-0.15, -0.1) is 0 Å². The highest BCUT2D eigenvalue weighted by Gasteiger charge is 2.22. The van der Waals surface area contributed by atoms with E-state index in [0.29, 0.717) is 22.7 Å². The number of hydrogen-bond donors (Lipinski definition) is 1. The van der Waals surface area contributed by atoms with Gasteiger partial charge in [-0.1, -0.05) is 36.4 Å². The molecule has 0 aliphatic heterocycles. The van der Waals surface area contributed by atoms with E-state index in [4.69, 9.17) is 4.74 Å². The quantitative estimate of drug-likeness (QED) is 0.510. The number of methoxy groups -OCH3 is 1. The Hall–Kier alpha value is -3.81. The van der Waals surface area contributed by atoms with Crippen LogP contribution in [0.3, 0.4) is 0 Å². The lowest BCUT2D eigenvalue weighted by Gasteiger charge is -2.11. The molecule has 2 heterocycles. The lowest BCUT2D eigenvalue weighted by Crippen LogP contribution is -2.13. The molecule has 152 valence electrons. The maximum Gasteiger partial charge on any atom is 0.280 e. The molecule has 0 atom stereocenters. The van der Waals surface area contributed by atoms with E-state index in [0.717, 1.165) is 10.1 Å². The van der Waals surface area contributed by atoms with E-state index in [1.807, 2.05) is 19.1 Å². The van der Waals surface area contributed by atoms with Crippen LogP contribution in [-0.4, -0.2) is 27.6 Å². The van der Waals surface area contributed by atoms with E-state index in [1.54, 1.807) is 36.4 Å². The number of hydrogen-bond acceptors (Lipinski definition) is 4. The van der Waals surface area contributed by atoms with Crippen molar-refractivity contribution >= 4 is 17.2 Å². The molecule has 30 heavy (non-hydrogen) atoms. The first-order valence-electron chi connectivity index (χ1n) is 9.16. The van der Waals surface area contributed by atoms with Gasteiger partial charge in [0.05, 0.1) is 24.7 Å². The molecular weight excluding hydrogens is 390 g/mol. The minimum Gasteiger partial charge on any atom is -0.495 e. The topological polar surface area (TPSA) is 68.5 Å². The average molecular weight is 408 g/mol. The lowest BCUT2D eigenvalue weighted by atomic mass is 10.1. The highest BCUT2D eigenvalue weighted by Crippen LogP contribution is 2.29. The summed E-state index contributed by atoms with van der Waals surface area (Å²) in [5, 5.41) is 6.74. The van der Waals surface area contributed by atoms with Crippen LogP contribution in [0.2, 0.25) is 0 Å². The monoisotopic (exact) mass is 408 g/mol. The number of halogens is 2. The average Bonchev–Trinajstić information content (AvgIpc) is 3.18. The van der Waals surface area contributed by atoms with Gasteiger partial charge in [-0.25, -0.2) is 18.3 Å². The lowest BCUT2D eigenvalue weighted by molar-refractivity contribution is 0.102. The first-order chi connectivity index (χ1) is 14.5. The highest BCUT2D eigenvalue weighted by molar-refractivity contribution is 6.09. The predicted molar refractivity (Wildman–Crippen MR) is 109 cm³/mol. The van der Waals surface area contributed by atoms with Crippen LogP contribution in [0.1, 0.15) is 28.0 Å². The van der Waals surface area contributed by atoms with Gasteiger partial charge < -0.3 is 10.1 Å². The number of alkyl halides is 2. The summed E-state index contributed by atoms with van der Waals surface area (Å²) < 4.78 is 33.7. The van der Waals surface area contributed by atoms with E-state index >= 15 is 0 Å². The molecule has 4 aromatic rings. The van der Waals surface area contributed by atoms with Crippen LogP contribution in [0.25, 0.3) is 16.9 Å². The molecule has 0 saturated heterocycles. The molecule has 1 N–H and O–H groups in total. The summed E-state index contributed by atoms with van der Waals surface area (Å²) in [4.78, 5) is 17.4. The first kappa shape index (κ1) is 19.5. The van der Waals surface area contributed by atoms with Gasteiger partial charge in [-0.05, 0) is 30.7 Å². The number of anilines is 1. The molecule has 0 aliphatic carbocycles. The van der Waals surface area contributed by atoms with Gasteiger partial charge in [0, 0.05) is 5.56 Å². The third kappa shape index (κ3) is 3.59. The number of aromatic nitrogens is 3. The number of carbonyl (C=O) groups is 1. The second kappa shape index (κ2) is 7.90. The number of nitrogens with zero attached hydrogens (tertiary/aromatic N) is 3. The Morgan fingerprint density at radius 1 is 1.13 bits per heavy atom. The smallest absolute Gasteiger partial charge is 0.280 e. The SMILES string of the molecule is COc1ccc(C)cc1NC(=O)c1cnn2c(C(F)F)cc(-c3ccccc3)nc12. The van der Waals surface area contributed by atoms with Crippen molar-refractivity contribution in [2.45, 2.75) is 13.3 Å². The minimum absolute atomic E-state index is 0.0516. The maximum absolute atomic E-state index is 13.7. The summed E-state index contributed by atoms with van der Waals surface area (Å²) in [6, 6.07) is 15.6. The summed E-state index contributed by atoms with van der Waals surface area (Å²) in [7, 11) is 1.50. The van der Waals surface area contributed by atoms with Crippen molar-refractivity contribution in [3.63, 3.8) is 0 Å². The summed E-state index contributed by atoms with van der Waals surface area (Å²) in [6.07, 6.45) is -1.55. The molecule has 2 aromatic carbocycles. The van der Waals surface area contributed by atoms with E-state index in [1.165, 1.54) is 19.4 Å². The fraction of sp³-hybridized carbons (Fsp3) is 0.136. The molecule has 0 aliphatic rings. The second-order valence-corrected chi connectivity index (χ2v) is 6.68. The number of fused-ring (bicyclic) bond motifs is 1. The zero-order chi connectivity index (χ0) is 21.3. The molecule has 6 nitrogen and oxygen atoms in total. The molecule has 0 saturated carbocycles. The Morgan fingerprint density at radius 3 is 2.60 bits per heavy atom. The molecule has 4 rings (SSSR count). The van der Waals surface area contributed by atoms with Crippen molar-refractivity contribution in [2.75, 3.05) is 12.4 Å². The predicted octanol–water partition coefficient (Wildman–Crippen LogP) is 4.90. The third-order valence-corrected chi connectivity index (χ3v) is 4.64. The van der Waals surface area contributed by atoms with Crippen LogP contribution in [0.5, 0.6) is 5.75 Å². The zero-order valence-electron chi connectivity index (χ0n) is 16.3. The largest absolute Gasteiger partial charge is 0.495 e. The Labute approximate surface area is 171 Å². The van der Waals surface area contributed by atoms with E-state index in [2.05, 4.69) is 15.4 Å². The third-order valence-electron chi connectivity index (χ3n) is 4.64. The van der Waals surface area contributed by atoms with E-state index in [-0.39, 0.29) is 16.9 Å². The van der Waals surface area contributed by atoms with Crippen molar-refractivity contribution in [3.05, 3.63) is 77.6 Å². The second-order valence-electron chi connectivity index (χ2n) is 6.68. The molecule has 0 radical (unpaired) electrons. The van der Waals surface area contributed by atoms with Gasteiger partial charge in [0.25, 0.3) is 12.3 Å². The Bertz CT molecular complexity index is 1220. The fourth-order valence-electron chi connectivity index (χ4n) is 3.17. The molecule has 0 fully saturated rings. The number of carbonyl (C=O) groups excluding carboxylic acids is 1. The molecular formula is C22H18F2N4O2. The standard InChI is InChI=1S/C22H18F2N4O2/c1-13-8-9-19(30-2)17(10-13)27-22(29)15-12-25-28-18(20(23)24)11-16(26-21(15)28)14-6-4-3-5-7-14/h3-12,20H,1-2H3,(H,27,29). The number of amides is 1. The summed E-state index contributed by atoms with van der Waals surface area (Å²) in [6.45, 7) is 1.88. The van der Waals surface area contributed by atoms with E-state index in [9.17, 15) is 13.6 Å². The van der Waals surface area contributed by atoms with Gasteiger partial charge in [0.2, 0.25) is 0 Å². The number of aryl methyl sites for hydroxylation is 1. The molecule has 0 unspecified atom stereocenters. The van der Waals surface area contributed by atoms with Gasteiger partial charge >= 0.3 is 0 Å². The summed E-state index contributed by atoms with van der Waals surface area (Å²) >= 11 is 0. The Balaban J connectivity index is 1.81. The molecule has 2 aromatic heterocycles. The van der Waals surface area contributed by atoms with Crippen molar-refractivity contribution < 1.29 is 18.3 Å². The van der Waals surface area contributed by atoms with Gasteiger partial charge in [0.15, 0.2) is 5.65 Å². The van der Waals surface area contributed by atoms with Crippen molar-refractivity contribution in [1.29, 1.82) is 0 Å². The van der Waals surface area contributed by atoms with Gasteiger partial charge in [-0.3, -0.25) is 4.79 Å². The molecule has 1 amide bonds. The number of rotatable bonds is 5. The van der Waals surface area contributed by atoms with Crippen molar-refractivity contribution in [3.8, 4) is 17.0 Å².